The number of allylic oxidation sites excluding steroid dienone is 2. The van der Waals surface area contributed by atoms with Crippen molar-refractivity contribution in [2.24, 2.45) is 5.73 Å². The molecule has 0 aliphatic heterocycles. The summed E-state index contributed by atoms with van der Waals surface area (Å²) in [6.07, 6.45) is 3.37. The van der Waals surface area contributed by atoms with Gasteiger partial charge in [0.25, 0.3) is 0 Å². The SMILES string of the molecule is CCC(C)(NC1=CC(=O)CC1)C(N)=O. The molecule has 1 aliphatic carbocycles. The van der Waals surface area contributed by atoms with Crippen LogP contribution in [0.15, 0.2) is 11.8 Å². The fraction of sp³-hybridized carbons (Fsp3) is 0.600. The van der Waals surface area contributed by atoms with E-state index in [4.69, 9.17) is 5.73 Å². The number of carbonyl (C=O) groups excluding carboxylic acids is 2. The lowest BCUT2D eigenvalue weighted by atomic mass is 9.97. The van der Waals surface area contributed by atoms with Crippen molar-refractivity contribution in [2.45, 2.75) is 38.6 Å². The summed E-state index contributed by atoms with van der Waals surface area (Å²) < 4.78 is 0. The third-order valence-electron chi connectivity index (χ3n) is 2.66. The predicted molar refractivity (Wildman–Crippen MR) is 53.4 cm³/mol. The van der Waals surface area contributed by atoms with Crippen LogP contribution in [0.4, 0.5) is 0 Å². The summed E-state index contributed by atoms with van der Waals surface area (Å²) in [5, 5.41) is 3.04. The number of ketones is 1. The number of primary amides is 1. The Hall–Kier alpha value is -1.32. The number of carbonyl (C=O) groups is 2. The van der Waals surface area contributed by atoms with E-state index in [1.807, 2.05) is 6.92 Å². The van der Waals surface area contributed by atoms with E-state index in [0.29, 0.717) is 19.3 Å². The van der Waals surface area contributed by atoms with Gasteiger partial charge in [-0.3, -0.25) is 9.59 Å². The molecule has 1 rings (SSSR count). The fourth-order valence-electron chi connectivity index (χ4n) is 1.37. The minimum atomic E-state index is -0.740. The Bertz CT molecular complexity index is 296. The Labute approximate surface area is 83.5 Å². The van der Waals surface area contributed by atoms with Gasteiger partial charge >= 0.3 is 0 Å². The zero-order chi connectivity index (χ0) is 10.8. The topological polar surface area (TPSA) is 72.2 Å². The minimum absolute atomic E-state index is 0.107. The van der Waals surface area contributed by atoms with Gasteiger partial charge in [0, 0.05) is 18.2 Å². The second-order valence-corrected chi connectivity index (χ2v) is 3.81. The molecule has 1 atom stereocenters. The van der Waals surface area contributed by atoms with Crippen LogP contribution in [0.3, 0.4) is 0 Å². The van der Waals surface area contributed by atoms with Crippen molar-refractivity contribution < 1.29 is 9.59 Å². The number of nitrogens with one attached hydrogen (secondary N) is 1. The van der Waals surface area contributed by atoms with Crippen LogP contribution in [-0.4, -0.2) is 17.2 Å². The van der Waals surface area contributed by atoms with Gasteiger partial charge < -0.3 is 11.1 Å². The summed E-state index contributed by atoms with van der Waals surface area (Å²) in [6, 6.07) is 0. The molecule has 14 heavy (non-hydrogen) atoms. The van der Waals surface area contributed by atoms with Crippen molar-refractivity contribution in [3.05, 3.63) is 11.8 Å². The maximum Gasteiger partial charge on any atom is 0.242 e. The van der Waals surface area contributed by atoms with Crippen LogP contribution in [0.5, 0.6) is 0 Å². The largest absolute Gasteiger partial charge is 0.375 e. The van der Waals surface area contributed by atoms with E-state index in [9.17, 15) is 9.59 Å². The summed E-state index contributed by atoms with van der Waals surface area (Å²) >= 11 is 0. The van der Waals surface area contributed by atoms with E-state index in [-0.39, 0.29) is 11.7 Å². The summed E-state index contributed by atoms with van der Waals surface area (Å²) in [6.45, 7) is 3.63. The van der Waals surface area contributed by atoms with Gasteiger partial charge in [0.2, 0.25) is 5.91 Å². The summed E-state index contributed by atoms with van der Waals surface area (Å²) in [5.74, 6) is -0.282. The van der Waals surface area contributed by atoms with Gasteiger partial charge in [-0.25, -0.2) is 0 Å². The Morgan fingerprint density at radius 1 is 1.64 bits per heavy atom. The van der Waals surface area contributed by atoms with E-state index >= 15 is 0 Å². The normalized spacial score (nSPS) is 20.1. The number of nitrogens with two attached hydrogens (primary N) is 1. The predicted octanol–water partition coefficient (Wildman–Crippen LogP) is 0.477. The van der Waals surface area contributed by atoms with Crippen LogP contribution in [0.1, 0.15) is 33.1 Å². The van der Waals surface area contributed by atoms with Crippen LogP contribution in [0.25, 0.3) is 0 Å². The molecule has 0 aromatic rings. The van der Waals surface area contributed by atoms with E-state index in [1.54, 1.807) is 13.0 Å². The van der Waals surface area contributed by atoms with Crippen molar-refractivity contribution in [1.82, 2.24) is 5.32 Å². The van der Waals surface area contributed by atoms with Crippen molar-refractivity contribution in [3.8, 4) is 0 Å². The maximum atomic E-state index is 11.2. The number of hydrogen-bond donors (Lipinski definition) is 2. The first kappa shape index (κ1) is 10.8. The Morgan fingerprint density at radius 2 is 2.29 bits per heavy atom. The monoisotopic (exact) mass is 196 g/mol. The molecular formula is C10H16N2O2. The highest BCUT2D eigenvalue weighted by molar-refractivity contribution is 5.93. The molecule has 0 heterocycles. The highest BCUT2D eigenvalue weighted by Crippen LogP contribution is 2.18. The molecule has 0 fully saturated rings. The fourth-order valence-corrected chi connectivity index (χ4v) is 1.37. The molecule has 3 N–H and O–H groups in total. The first-order valence-corrected chi connectivity index (χ1v) is 4.79. The van der Waals surface area contributed by atoms with Crippen LogP contribution >= 0.6 is 0 Å². The molecule has 0 saturated heterocycles. The van der Waals surface area contributed by atoms with E-state index in [2.05, 4.69) is 5.32 Å². The van der Waals surface area contributed by atoms with Crippen molar-refractivity contribution in [3.63, 3.8) is 0 Å². The molecule has 0 radical (unpaired) electrons. The Morgan fingerprint density at radius 3 is 2.64 bits per heavy atom. The molecule has 0 aromatic carbocycles. The van der Waals surface area contributed by atoms with Crippen LogP contribution in [0, 0.1) is 0 Å². The van der Waals surface area contributed by atoms with Crippen LogP contribution in [0.2, 0.25) is 0 Å². The zero-order valence-electron chi connectivity index (χ0n) is 8.59. The van der Waals surface area contributed by atoms with E-state index < -0.39 is 5.54 Å². The number of rotatable bonds is 4. The molecule has 4 nitrogen and oxygen atoms in total. The molecule has 78 valence electrons. The highest BCUT2D eigenvalue weighted by Gasteiger charge is 2.30. The smallest absolute Gasteiger partial charge is 0.242 e. The standard InChI is InChI=1S/C10H16N2O2/c1-3-10(2,9(11)14)12-7-4-5-8(13)6-7/h6,12H,3-5H2,1-2H3,(H2,11,14). The quantitative estimate of drug-likeness (QED) is 0.686. The molecule has 4 heteroatoms. The number of amides is 1. The first-order chi connectivity index (χ1) is 6.48. The van der Waals surface area contributed by atoms with Crippen LogP contribution in [-0.2, 0) is 9.59 Å². The van der Waals surface area contributed by atoms with Gasteiger partial charge in [-0.1, -0.05) is 6.92 Å². The molecule has 1 amide bonds. The van der Waals surface area contributed by atoms with Gasteiger partial charge in [0.05, 0.1) is 0 Å². The molecule has 0 bridgehead atoms. The second-order valence-electron chi connectivity index (χ2n) is 3.81. The van der Waals surface area contributed by atoms with Gasteiger partial charge in [0.15, 0.2) is 5.78 Å². The van der Waals surface area contributed by atoms with Gasteiger partial charge in [-0.15, -0.1) is 0 Å². The summed E-state index contributed by atoms with van der Waals surface area (Å²) in [4.78, 5) is 22.1. The first-order valence-electron chi connectivity index (χ1n) is 4.79. The lowest BCUT2D eigenvalue weighted by Gasteiger charge is -2.27. The molecule has 0 aromatic heterocycles. The summed E-state index contributed by atoms with van der Waals surface area (Å²) in [7, 11) is 0. The third kappa shape index (κ3) is 2.13. The summed E-state index contributed by atoms with van der Waals surface area (Å²) in [5.41, 5.74) is 5.36. The van der Waals surface area contributed by atoms with Crippen LogP contribution < -0.4 is 11.1 Å². The van der Waals surface area contributed by atoms with Gasteiger partial charge in [-0.2, -0.15) is 0 Å². The van der Waals surface area contributed by atoms with Crippen molar-refractivity contribution in [2.75, 3.05) is 0 Å². The van der Waals surface area contributed by atoms with Gasteiger partial charge in [0.1, 0.15) is 5.54 Å². The van der Waals surface area contributed by atoms with Gasteiger partial charge in [-0.05, 0) is 19.8 Å². The molecule has 0 spiro atoms. The lowest BCUT2D eigenvalue weighted by Crippen LogP contribution is -2.51. The zero-order valence-corrected chi connectivity index (χ0v) is 8.59. The molecule has 0 saturated carbocycles. The van der Waals surface area contributed by atoms with E-state index in [1.165, 1.54) is 0 Å². The van der Waals surface area contributed by atoms with Crippen molar-refractivity contribution >= 4 is 11.7 Å². The Balaban J connectivity index is 2.70. The minimum Gasteiger partial charge on any atom is -0.375 e. The average molecular weight is 196 g/mol. The molecule has 1 unspecified atom stereocenters. The number of hydrogen-bond acceptors (Lipinski definition) is 3. The van der Waals surface area contributed by atoms with Crippen molar-refractivity contribution in [1.29, 1.82) is 0 Å². The second kappa shape index (κ2) is 3.82. The third-order valence-corrected chi connectivity index (χ3v) is 2.66. The molecule has 1 aliphatic rings. The highest BCUT2D eigenvalue weighted by atomic mass is 16.1. The maximum absolute atomic E-state index is 11.2. The Kier molecular flexibility index (Phi) is 2.93. The van der Waals surface area contributed by atoms with E-state index in [0.717, 1.165) is 5.70 Å². The lowest BCUT2D eigenvalue weighted by molar-refractivity contribution is -0.123. The average Bonchev–Trinajstić information content (AvgIpc) is 2.50. The molecular weight excluding hydrogens is 180 g/mol.